The van der Waals surface area contributed by atoms with E-state index in [0.717, 1.165) is 40.6 Å². The molecule has 3 aromatic rings. The molecule has 4 heterocycles. The largest absolute Gasteiger partial charge is 0.417 e. The fourth-order valence-electron chi connectivity index (χ4n) is 2.87. The summed E-state index contributed by atoms with van der Waals surface area (Å²) in [4.78, 5) is 25.3. The van der Waals surface area contributed by atoms with E-state index in [2.05, 4.69) is 15.0 Å². The van der Waals surface area contributed by atoms with Crippen LogP contribution < -0.4 is 5.56 Å². The number of halogens is 4. The normalized spacial score (nSPS) is 14.6. The Morgan fingerprint density at radius 3 is 2.88 bits per heavy atom. The van der Waals surface area contributed by atoms with Crippen LogP contribution in [0.5, 0.6) is 0 Å². The molecule has 0 bridgehead atoms. The zero-order valence-corrected chi connectivity index (χ0v) is 15.5. The number of thiophene rings is 1. The van der Waals surface area contributed by atoms with Crippen molar-refractivity contribution >= 4 is 44.9 Å². The van der Waals surface area contributed by atoms with Crippen molar-refractivity contribution < 1.29 is 13.2 Å². The Hall–Kier alpha value is -1.58. The summed E-state index contributed by atoms with van der Waals surface area (Å²) in [5, 5.41) is 0.518. The van der Waals surface area contributed by atoms with Crippen LogP contribution in [-0.2, 0) is 24.8 Å². The number of hydrogen-bond donors (Lipinski definition) is 1. The van der Waals surface area contributed by atoms with Gasteiger partial charge in [-0.05, 0) is 23.8 Å². The van der Waals surface area contributed by atoms with Crippen molar-refractivity contribution in [3.8, 4) is 0 Å². The average Bonchev–Trinajstić information content (AvgIpc) is 2.94. The fraction of sp³-hybridized carbons (Fsp3) is 0.312. The molecular formula is C16H11ClF3N3OS2. The maximum atomic E-state index is 12.7. The Balaban J connectivity index is 1.71. The minimum atomic E-state index is -4.51. The van der Waals surface area contributed by atoms with Crippen molar-refractivity contribution in [2.24, 2.45) is 0 Å². The van der Waals surface area contributed by atoms with Crippen LogP contribution in [-0.4, -0.2) is 20.7 Å². The fourth-order valence-corrected chi connectivity index (χ4v) is 5.47. The van der Waals surface area contributed by atoms with Gasteiger partial charge in [-0.15, -0.1) is 11.3 Å². The predicted octanol–water partition coefficient (Wildman–Crippen LogP) is 4.43. The number of nitrogens with zero attached hydrogens (tertiary/aromatic N) is 2. The van der Waals surface area contributed by atoms with Crippen LogP contribution in [0.25, 0.3) is 10.2 Å². The van der Waals surface area contributed by atoms with E-state index in [9.17, 15) is 18.0 Å². The molecule has 0 unspecified atom stereocenters. The zero-order chi connectivity index (χ0) is 18.5. The molecule has 0 radical (unpaired) electrons. The molecular weight excluding hydrogens is 407 g/mol. The van der Waals surface area contributed by atoms with Crippen LogP contribution in [0.1, 0.15) is 27.5 Å². The highest BCUT2D eigenvalue weighted by molar-refractivity contribution is 7.98. The predicted molar refractivity (Wildman–Crippen MR) is 97.2 cm³/mol. The number of aromatic nitrogens is 3. The Bertz CT molecular complexity index is 1060. The van der Waals surface area contributed by atoms with Gasteiger partial charge in [0.2, 0.25) is 0 Å². The summed E-state index contributed by atoms with van der Waals surface area (Å²) in [6, 6.07) is 0.835. The van der Waals surface area contributed by atoms with Crippen LogP contribution in [0, 0.1) is 0 Å². The molecule has 0 aromatic carbocycles. The second-order valence-electron chi connectivity index (χ2n) is 5.83. The van der Waals surface area contributed by atoms with Gasteiger partial charge in [0.25, 0.3) is 5.56 Å². The van der Waals surface area contributed by atoms with Crippen molar-refractivity contribution in [3.63, 3.8) is 0 Å². The van der Waals surface area contributed by atoms with Crippen LogP contribution in [0.3, 0.4) is 0 Å². The van der Waals surface area contributed by atoms with E-state index in [0.29, 0.717) is 16.0 Å². The highest BCUT2D eigenvalue weighted by Gasteiger charge is 2.31. The van der Waals surface area contributed by atoms with Gasteiger partial charge in [0.05, 0.1) is 21.7 Å². The third-order valence-corrected chi connectivity index (χ3v) is 6.72. The number of aryl methyl sites for hydroxylation is 1. The van der Waals surface area contributed by atoms with Crippen molar-refractivity contribution in [3.05, 3.63) is 55.2 Å². The first kappa shape index (κ1) is 17.8. The highest BCUT2D eigenvalue weighted by atomic mass is 35.5. The summed E-state index contributed by atoms with van der Waals surface area (Å²) in [5.41, 5.74) is 0.165. The number of aromatic amines is 1. The van der Waals surface area contributed by atoms with Gasteiger partial charge in [0, 0.05) is 23.2 Å². The first-order valence-corrected chi connectivity index (χ1v) is 10.0. The van der Waals surface area contributed by atoms with Gasteiger partial charge in [0.1, 0.15) is 10.7 Å². The van der Waals surface area contributed by atoms with Gasteiger partial charge in [-0.1, -0.05) is 11.6 Å². The molecule has 1 aliphatic heterocycles. The van der Waals surface area contributed by atoms with E-state index in [1.165, 1.54) is 11.3 Å². The molecule has 4 nitrogen and oxygen atoms in total. The number of nitrogens with one attached hydrogen (secondary N) is 1. The molecule has 0 amide bonds. The summed E-state index contributed by atoms with van der Waals surface area (Å²) in [5.74, 6) is 2.19. The van der Waals surface area contributed by atoms with Gasteiger partial charge in [-0.3, -0.25) is 9.78 Å². The number of alkyl halides is 3. The Morgan fingerprint density at radius 2 is 2.15 bits per heavy atom. The third-order valence-electron chi connectivity index (χ3n) is 4.10. The molecule has 0 atom stereocenters. The lowest BCUT2D eigenvalue weighted by Crippen LogP contribution is -2.14. The smallest absolute Gasteiger partial charge is 0.310 e. The van der Waals surface area contributed by atoms with Gasteiger partial charge in [-0.25, -0.2) is 4.98 Å². The summed E-state index contributed by atoms with van der Waals surface area (Å²) in [6.07, 6.45) is -2.87. The first-order chi connectivity index (χ1) is 12.3. The molecule has 0 saturated heterocycles. The molecule has 0 spiro atoms. The monoisotopic (exact) mass is 417 g/mol. The van der Waals surface area contributed by atoms with Crippen LogP contribution in [0.15, 0.2) is 17.1 Å². The molecule has 4 rings (SSSR count). The number of thioether (sulfide) groups is 1. The van der Waals surface area contributed by atoms with E-state index >= 15 is 0 Å². The van der Waals surface area contributed by atoms with Gasteiger partial charge in [0.15, 0.2) is 0 Å². The molecule has 26 heavy (non-hydrogen) atoms. The van der Waals surface area contributed by atoms with Crippen LogP contribution in [0.4, 0.5) is 13.2 Å². The summed E-state index contributed by atoms with van der Waals surface area (Å²) in [6.45, 7) is 0. The summed E-state index contributed by atoms with van der Waals surface area (Å²) >= 11 is 9.26. The highest BCUT2D eigenvalue weighted by Crippen LogP contribution is 2.35. The summed E-state index contributed by atoms with van der Waals surface area (Å²) < 4.78 is 38.1. The number of pyridine rings is 1. The van der Waals surface area contributed by atoms with E-state index in [1.807, 2.05) is 11.8 Å². The lowest BCUT2D eigenvalue weighted by atomic mass is 10.1. The van der Waals surface area contributed by atoms with Crippen molar-refractivity contribution in [2.75, 3.05) is 5.75 Å². The van der Waals surface area contributed by atoms with Gasteiger partial charge >= 0.3 is 6.18 Å². The molecule has 1 N–H and O–H groups in total. The van der Waals surface area contributed by atoms with Gasteiger partial charge < -0.3 is 4.98 Å². The van der Waals surface area contributed by atoms with Gasteiger partial charge in [-0.2, -0.15) is 24.9 Å². The third kappa shape index (κ3) is 3.23. The van der Waals surface area contributed by atoms with E-state index in [1.54, 1.807) is 0 Å². The van der Waals surface area contributed by atoms with Crippen molar-refractivity contribution in [1.82, 2.24) is 15.0 Å². The molecule has 1 aliphatic rings. The molecule has 10 heteroatoms. The topological polar surface area (TPSA) is 58.6 Å². The number of fused-ring (bicyclic) bond motifs is 3. The molecule has 0 aliphatic carbocycles. The summed E-state index contributed by atoms with van der Waals surface area (Å²) in [7, 11) is 0. The molecule has 0 fully saturated rings. The lowest BCUT2D eigenvalue weighted by Gasteiger charge is -2.10. The lowest BCUT2D eigenvalue weighted by molar-refractivity contribution is -0.137. The van der Waals surface area contributed by atoms with Crippen LogP contribution >= 0.6 is 34.7 Å². The van der Waals surface area contributed by atoms with E-state index < -0.39 is 11.7 Å². The molecule has 0 saturated carbocycles. The standard InChI is InChI=1S/C16H11ClF3N3OS2/c17-9-3-7(16(18,19)20)5-21-10(9)4-12-22-14(24)13-8-1-2-25-6-11(8)26-15(13)23-12/h3,5H,1-2,4,6H2,(H,22,23,24). The minimum Gasteiger partial charge on any atom is -0.310 e. The number of rotatable bonds is 2. The van der Waals surface area contributed by atoms with Crippen LogP contribution in [0.2, 0.25) is 5.02 Å². The quantitative estimate of drug-likeness (QED) is 0.670. The SMILES string of the molecule is O=c1[nH]c(Cc2ncc(C(F)(F)F)cc2Cl)nc2sc3c(c12)CCSC3. The Morgan fingerprint density at radius 1 is 1.35 bits per heavy atom. The second-order valence-corrected chi connectivity index (χ2v) is 8.42. The average molecular weight is 418 g/mol. The Labute approximate surface area is 158 Å². The first-order valence-electron chi connectivity index (χ1n) is 7.65. The van der Waals surface area contributed by atoms with E-state index in [4.69, 9.17) is 11.6 Å². The number of H-pyrrole nitrogens is 1. The Kier molecular flexibility index (Phi) is 4.48. The maximum Gasteiger partial charge on any atom is 0.417 e. The zero-order valence-electron chi connectivity index (χ0n) is 13.1. The molecule has 136 valence electrons. The maximum absolute atomic E-state index is 12.7. The van der Waals surface area contributed by atoms with Crippen molar-refractivity contribution in [1.29, 1.82) is 0 Å². The molecule has 3 aromatic heterocycles. The van der Waals surface area contributed by atoms with Crippen molar-refractivity contribution in [2.45, 2.75) is 24.8 Å². The number of hydrogen-bond acceptors (Lipinski definition) is 5. The minimum absolute atomic E-state index is 0.0550. The van der Waals surface area contributed by atoms with E-state index in [-0.39, 0.29) is 22.7 Å². The second kappa shape index (κ2) is 6.54.